The van der Waals surface area contributed by atoms with Crippen molar-refractivity contribution in [2.24, 2.45) is 0 Å². The predicted molar refractivity (Wildman–Crippen MR) is 120 cm³/mol. The first kappa shape index (κ1) is 26.5. The third-order valence-electron chi connectivity index (χ3n) is 4.93. The molecule has 4 N–H and O–H groups in total. The van der Waals surface area contributed by atoms with Gasteiger partial charge in [0.15, 0.2) is 0 Å². The van der Waals surface area contributed by atoms with Crippen LogP contribution in [0.15, 0.2) is 0 Å². The van der Waals surface area contributed by atoms with E-state index in [9.17, 15) is 9.59 Å². The van der Waals surface area contributed by atoms with E-state index in [1.165, 1.54) is 0 Å². The van der Waals surface area contributed by atoms with Gasteiger partial charge in [-0.1, -0.05) is 0 Å². The number of alkyl carbamates (subject to hydrolysis) is 2. The molecule has 0 spiro atoms. The van der Waals surface area contributed by atoms with Crippen LogP contribution in [0, 0.1) is 0 Å². The van der Waals surface area contributed by atoms with E-state index in [0.29, 0.717) is 12.1 Å². The molecule has 30 heavy (non-hydrogen) atoms. The van der Waals surface area contributed by atoms with E-state index in [0.717, 1.165) is 38.8 Å². The highest BCUT2D eigenvalue weighted by Gasteiger charge is 2.26. The molecule has 8 nitrogen and oxygen atoms in total. The number of carbonyl (C=O) groups is 2. The Hall–Kier alpha value is -1.54. The number of piperidine rings is 2. The highest BCUT2D eigenvalue weighted by molar-refractivity contribution is 5.68. The molecule has 4 atom stereocenters. The summed E-state index contributed by atoms with van der Waals surface area (Å²) in [4.78, 5) is 23.0. The zero-order chi connectivity index (χ0) is 22.9. The second kappa shape index (κ2) is 11.7. The number of rotatable bonds is 2. The fourth-order valence-electron chi connectivity index (χ4n) is 3.40. The molecule has 0 bridgehead atoms. The van der Waals surface area contributed by atoms with Gasteiger partial charge in [-0.3, -0.25) is 0 Å². The number of hydrogen-bond acceptors (Lipinski definition) is 6. The maximum absolute atomic E-state index is 11.5. The minimum absolute atomic E-state index is 0.189. The number of ether oxygens (including phenoxy) is 2. The van der Waals surface area contributed by atoms with Crippen LogP contribution in [0.2, 0.25) is 0 Å². The largest absolute Gasteiger partial charge is 0.444 e. The summed E-state index contributed by atoms with van der Waals surface area (Å²) < 4.78 is 10.4. The molecule has 0 aromatic heterocycles. The van der Waals surface area contributed by atoms with E-state index in [1.54, 1.807) is 0 Å². The van der Waals surface area contributed by atoms with Gasteiger partial charge >= 0.3 is 12.2 Å². The lowest BCUT2D eigenvalue weighted by Gasteiger charge is -2.31. The Morgan fingerprint density at radius 2 is 1.07 bits per heavy atom. The monoisotopic (exact) mass is 428 g/mol. The molecule has 2 rings (SSSR count). The Morgan fingerprint density at radius 3 is 1.33 bits per heavy atom. The van der Waals surface area contributed by atoms with Crippen molar-refractivity contribution in [3.05, 3.63) is 0 Å². The average Bonchev–Trinajstić information content (AvgIpc) is 2.56. The molecule has 176 valence electrons. The van der Waals surface area contributed by atoms with Gasteiger partial charge in [0, 0.05) is 24.2 Å². The van der Waals surface area contributed by atoms with Crippen molar-refractivity contribution in [3.63, 3.8) is 0 Å². The van der Waals surface area contributed by atoms with Crippen LogP contribution < -0.4 is 21.3 Å². The quantitative estimate of drug-likeness (QED) is 0.538. The van der Waals surface area contributed by atoms with Gasteiger partial charge in [-0.2, -0.15) is 0 Å². The number of carbonyl (C=O) groups excluding carboxylic acids is 2. The fraction of sp³-hybridized carbons (Fsp3) is 0.909. The summed E-state index contributed by atoms with van der Waals surface area (Å²) in [5, 5.41) is 12.5. The fourth-order valence-corrected chi connectivity index (χ4v) is 3.40. The minimum Gasteiger partial charge on any atom is -0.444 e. The second-order valence-corrected chi connectivity index (χ2v) is 10.3. The predicted octanol–water partition coefficient (Wildman–Crippen LogP) is 3.30. The zero-order valence-electron chi connectivity index (χ0n) is 20.2. The third kappa shape index (κ3) is 11.6. The van der Waals surface area contributed by atoms with Gasteiger partial charge in [-0.05, 0) is 94.2 Å². The Kier molecular flexibility index (Phi) is 10.4. The molecular formula is C22H44N4O4. The van der Waals surface area contributed by atoms with Crippen molar-refractivity contribution in [3.8, 4) is 0 Å². The topological polar surface area (TPSA) is 101 Å². The van der Waals surface area contributed by atoms with E-state index in [2.05, 4.69) is 35.1 Å². The van der Waals surface area contributed by atoms with E-state index in [1.807, 2.05) is 41.5 Å². The first-order valence-corrected chi connectivity index (χ1v) is 11.2. The van der Waals surface area contributed by atoms with Crippen molar-refractivity contribution in [2.45, 2.75) is 116 Å². The Balaban J connectivity index is 0.000000300. The van der Waals surface area contributed by atoms with Crippen LogP contribution in [0.5, 0.6) is 0 Å². The first-order valence-electron chi connectivity index (χ1n) is 11.2. The maximum Gasteiger partial charge on any atom is 0.407 e. The summed E-state index contributed by atoms with van der Waals surface area (Å²) in [7, 11) is 0. The molecule has 2 amide bonds. The minimum atomic E-state index is -0.421. The van der Waals surface area contributed by atoms with Crippen LogP contribution in [0.1, 0.15) is 81.1 Å². The molecule has 0 unspecified atom stereocenters. The summed E-state index contributed by atoms with van der Waals surface area (Å²) in [6, 6.07) is 1.03. The van der Waals surface area contributed by atoms with Crippen molar-refractivity contribution >= 4 is 12.2 Å². The lowest BCUT2D eigenvalue weighted by Crippen LogP contribution is -2.52. The molecule has 8 heteroatoms. The van der Waals surface area contributed by atoms with Crippen LogP contribution in [0.3, 0.4) is 0 Å². The van der Waals surface area contributed by atoms with Gasteiger partial charge in [-0.25, -0.2) is 9.59 Å². The molecule has 2 heterocycles. The lowest BCUT2D eigenvalue weighted by atomic mass is 10.0. The van der Waals surface area contributed by atoms with Crippen LogP contribution >= 0.6 is 0 Å². The average molecular weight is 429 g/mol. The lowest BCUT2D eigenvalue weighted by molar-refractivity contribution is 0.0473. The van der Waals surface area contributed by atoms with E-state index >= 15 is 0 Å². The van der Waals surface area contributed by atoms with E-state index < -0.39 is 11.2 Å². The van der Waals surface area contributed by atoms with Crippen LogP contribution in [-0.2, 0) is 9.47 Å². The summed E-state index contributed by atoms with van der Waals surface area (Å²) in [6.07, 6.45) is 3.61. The van der Waals surface area contributed by atoms with Gasteiger partial charge in [0.2, 0.25) is 0 Å². The summed E-state index contributed by atoms with van der Waals surface area (Å²) in [6.45, 7) is 17.5. The molecule has 0 saturated carbocycles. The van der Waals surface area contributed by atoms with Crippen molar-refractivity contribution < 1.29 is 19.1 Å². The number of amides is 2. The normalized spacial score (nSPS) is 27.2. The van der Waals surface area contributed by atoms with Crippen LogP contribution in [0.25, 0.3) is 0 Å². The maximum atomic E-state index is 11.5. The molecule has 2 aliphatic heterocycles. The number of nitrogens with one attached hydrogen (secondary N) is 4. The zero-order valence-corrected chi connectivity index (χ0v) is 20.2. The molecule has 0 aliphatic carbocycles. The summed E-state index contributed by atoms with van der Waals surface area (Å²) >= 11 is 0. The molecule has 2 aliphatic rings. The van der Waals surface area contributed by atoms with Gasteiger partial charge < -0.3 is 30.7 Å². The number of hydrogen-bond donors (Lipinski definition) is 4. The van der Waals surface area contributed by atoms with E-state index in [4.69, 9.17) is 9.47 Å². The molecule has 0 radical (unpaired) electrons. The first-order chi connectivity index (χ1) is 13.8. The molecule has 2 saturated heterocycles. The van der Waals surface area contributed by atoms with Crippen molar-refractivity contribution in [1.29, 1.82) is 0 Å². The van der Waals surface area contributed by atoms with E-state index in [-0.39, 0.29) is 24.3 Å². The standard InChI is InChI=1S/2C11H22N2O2/c2*1-8-9(6-5-7-12-8)13-10(14)15-11(2,3)4/h2*8-9,12H,5-7H2,1-4H3,(H,13,14)/t2*8-,9+/m10/s1. The third-order valence-corrected chi connectivity index (χ3v) is 4.93. The van der Waals surface area contributed by atoms with Gasteiger partial charge in [0.05, 0.1) is 0 Å². The molecular weight excluding hydrogens is 384 g/mol. The highest BCUT2D eigenvalue weighted by atomic mass is 16.6. The molecule has 0 aromatic rings. The van der Waals surface area contributed by atoms with Crippen molar-refractivity contribution in [1.82, 2.24) is 21.3 Å². The summed E-state index contributed by atoms with van der Waals surface area (Å²) in [5.41, 5.74) is -0.842. The van der Waals surface area contributed by atoms with Crippen LogP contribution in [-0.4, -0.2) is 60.6 Å². The highest BCUT2D eigenvalue weighted by Crippen LogP contribution is 2.12. The Bertz CT molecular complexity index is 494. The van der Waals surface area contributed by atoms with Gasteiger partial charge in [0.1, 0.15) is 11.2 Å². The smallest absolute Gasteiger partial charge is 0.407 e. The van der Waals surface area contributed by atoms with Gasteiger partial charge in [0.25, 0.3) is 0 Å². The molecule has 0 aromatic carbocycles. The van der Waals surface area contributed by atoms with Crippen LogP contribution in [0.4, 0.5) is 9.59 Å². The summed E-state index contributed by atoms with van der Waals surface area (Å²) in [5.74, 6) is 0. The van der Waals surface area contributed by atoms with Gasteiger partial charge in [-0.15, -0.1) is 0 Å². The van der Waals surface area contributed by atoms with Crippen molar-refractivity contribution in [2.75, 3.05) is 13.1 Å². The Labute approximate surface area is 182 Å². The SMILES string of the molecule is C[C@@H]1NCCC[C@H]1NC(=O)OC(C)(C)C.C[C@H]1NCCC[C@@H]1NC(=O)OC(C)(C)C. The second-order valence-electron chi connectivity index (χ2n) is 10.3. The Morgan fingerprint density at radius 1 is 0.733 bits per heavy atom. The molecule has 2 fully saturated rings.